The molecule has 0 bridgehead atoms. The zero-order valence-electron chi connectivity index (χ0n) is 17.1. The highest BCUT2D eigenvalue weighted by atomic mass is 16.4. The Labute approximate surface area is 181 Å². The van der Waals surface area contributed by atoms with Gasteiger partial charge in [0.05, 0.1) is 5.56 Å². The largest absolute Gasteiger partial charge is 0.478 e. The number of carboxylic acids is 1. The van der Waals surface area contributed by atoms with Crippen molar-refractivity contribution in [2.75, 3.05) is 0 Å². The summed E-state index contributed by atoms with van der Waals surface area (Å²) in [5.41, 5.74) is 3.96. The van der Waals surface area contributed by atoms with Gasteiger partial charge >= 0.3 is 5.97 Å². The molecule has 3 aromatic carbocycles. The Bertz CT molecular complexity index is 1200. The third kappa shape index (κ3) is 4.61. The van der Waals surface area contributed by atoms with Crippen LogP contribution in [-0.2, 0) is 13.0 Å². The van der Waals surface area contributed by atoms with E-state index in [2.05, 4.69) is 6.58 Å². The molecule has 154 valence electrons. The second-order valence-corrected chi connectivity index (χ2v) is 7.24. The summed E-state index contributed by atoms with van der Waals surface area (Å²) in [6, 6.07) is 24.9. The van der Waals surface area contributed by atoms with Crippen molar-refractivity contribution in [3.8, 4) is 22.5 Å². The molecule has 0 radical (unpaired) electrons. The van der Waals surface area contributed by atoms with Crippen molar-refractivity contribution >= 4 is 5.97 Å². The van der Waals surface area contributed by atoms with Crippen LogP contribution in [0.25, 0.3) is 22.5 Å². The average Bonchev–Trinajstić information content (AvgIpc) is 3.21. The quantitative estimate of drug-likeness (QED) is 0.392. The van der Waals surface area contributed by atoms with Gasteiger partial charge in [0.1, 0.15) is 5.82 Å². The Morgan fingerprint density at radius 3 is 2.35 bits per heavy atom. The minimum atomic E-state index is -0.927. The number of aryl methyl sites for hydroxylation is 1. The molecule has 1 aromatic heterocycles. The van der Waals surface area contributed by atoms with Crippen LogP contribution in [0.3, 0.4) is 0 Å². The first-order chi connectivity index (χ1) is 15.2. The number of hydrogen-bond acceptors (Lipinski definition) is 3. The molecule has 0 saturated carbocycles. The smallest absolute Gasteiger partial charge is 0.336 e. The number of aromatic carboxylic acids is 1. The van der Waals surface area contributed by atoms with Crippen LogP contribution in [0.5, 0.6) is 0 Å². The molecule has 0 aliphatic rings. The maximum absolute atomic E-state index is 11.5. The number of carbonyl (C=O) groups is 1. The molecule has 0 aliphatic heterocycles. The van der Waals surface area contributed by atoms with E-state index in [1.807, 2.05) is 77.5 Å². The summed E-state index contributed by atoms with van der Waals surface area (Å²) < 4.78 is 1.94. The number of aromatic nitrogens is 3. The van der Waals surface area contributed by atoms with Crippen LogP contribution in [0.4, 0.5) is 0 Å². The second-order valence-electron chi connectivity index (χ2n) is 7.24. The zero-order chi connectivity index (χ0) is 21.6. The lowest BCUT2D eigenvalue weighted by atomic mass is 9.98. The summed E-state index contributed by atoms with van der Waals surface area (Å²) in [4.78, 5) is 16.3. The van der Waals surface area contributed by atoms with E-state index in [1.54, 1.807) is 12.1 Å². The lowest BCUT2D eigenvalue weighted by Gasteiger charge is -2.08. The predicted molar refractivity (Wildman–Crippen MR) is 122 cm³/mol. The highest BCUT2D eigenvalue weighted by Gasteiger charge is 2.13. The van der Waals surface area contributed by atoms with E-state index >= 15 is 0 Å². The van der Waals surface area contributed by atoms with Gasteiger partial charge in [-0.25, -0.2) is 14.5 Å². The van der Waals surface area contributed by atoms with E-state index in [0.717, 1.165) is 35.5 Å². The third-order valence-electron chi connectivity index (χ3n) is 5.11. The van der Waals surface area contributed by atoms with Gasteiger partial charge < -0.3 is 5.11 Å². The molecule has 1 N–H and O–H groups in total. The van der Waals surface area contributed by atoms with Crippen molar-refractivity contribution < 1.29 is 9.90 Å². The Kier molecular flexibility index (Phi) is 6.03. The summed E-state index contributed by atoms with van der Waals surface area (Å²) >= 11 is 0. The molecule has 0 fully saturated rings. The van der Waals surface area contributed by atoms with Gasteiger partial charge in [-0.3, -0.25) is 0 Å². The number of carboxylic acid groups (broad SMARTS) is 1. The Morgan fingerprint density at radius 2 is 1.65 bits per heavy atom. The lowest BCUT2D eigenvalue weighted by molar-refractivity contribution is 0.0697. The Hall–Kier alpha value is -3.99. The summed E-state index contributed by atoms with van der Waals surface area (Å²) in [5, 5.41) is 14.2. The highest BCUT2D eigenvalue weighted by Crippen LogP contribution is 2.25. The maximum Gasteiger partial charge on any atom is 0.336 e. The van der Waals surface area contributed by atoms with E-state index in [1.165, 1.54) is 0 Å². The van der Waals surface area contributed by atoms with E-state index in [9.17, 15) is 9.90 Å². The molecule has 0 amide bonds. The van der Waals surface area contributed by atoms with Gasteiger partial charge in [-0.2, -0.15) is 5.10 Å². The maximum atomic E-state index is 11.5. The number of benzene rings is 3. The van der Waals surface area contributed by atoms with Crippen LogP contribution in [-0.4, -0.2) is 25.8 Å². The van der Waals surface area contributed by atoms with Crippen molar-refractivity contribution in [2.24, 2.45) is 0 Å². The molecule has 1 heterocycles. The molecular weight excluding hydrogens is 386 g/mol. The van der Waals surface area contributed by atoms with E-state index in [-0.39, 0.29) is 0 Å². The molecule has 0 unspecified atom stereocenters. The number of hydrogen-bond donors (Lipinski definition) is 1. The normalized spacial score (nSPS) is 10.7. The Balaban J connectivity index is 1.61. The fourth-order valence-electron chi connectivity index (χ4n) is 3.51. The van der Waals surface area contributed by atoms with E-state index < -0.39 is 5.97 Å². The molecule has 5 nitrogen and oxygen atoms in total. The second kappa shape index (κ2) is 9.22. The number of rotatable bonds is 8. The van der Waals surface area contributed by atoms with Gasteiger partial charge in [0.2, 0.25) is 0 Å². The SMILES string of the molecule is C=CCCn1nc(-c2ccccc2)nc1Cc1ccc(-c2ccccc2C(=O)O)cc1. The highest BCUT2D eigenvalue weighted by molar-refractivity contribution is 5.95. The standard InChI is InChI=1S/C26H23N3O2/c1-2-3-17-29-24(27-25(28-29)21-9-5-4-6-10-21)18-19-13-15-20(16-14-19)22-11-7-8-12-23(22)26(30)31/h2,4-16H,1,3,17-18H2,(H,30,31). The molecule has 5 heteroatoms. The molecule has 31 heavy (non-hydrogen) atoms. The minimum absolute atomic E-state index is 0.298. The molecule has 0 atom stereocenters. The zero-order valence-corrected chi connectivity index (χ0v) is 17.1. The summed E-state index contributed by atoms with van der Waals surface area (Å²) in [6.45, 7) is 4.53. The van der Waals surface area contributed by atoms with Gasteiger partial charge in [-0.15, -0.1) is 6.58 Å². The van der Waals surface area contributed by atoms with Crippen LogP contribution in [0.2, 0.25) is 0 Å². The van der Waals surface area contributed by atoms with Crippen molar-refractivity contribution in [3.05, 3.63) is 108 Å². The van der Waals surface area contributed by atoms with Gasteiger partial charge in [0, 0.05) is 18.5 Å². The molecule has 0 saturated heterocycles. The monoisotopic (exact) mass is 409 g/mol. The predicted octanol–water partition coefficient (Wildman–Crippen LogP) is 5.48. The first-order valence-electron chi connectivity index (χ1n) is 10.2. The van der Waals surface area contributed by atoms with Crippen molar-refractivity contribution in [1.82, 2.24) is 14.8 Å². The van der Waals surface area contributed by atoms with Crippen LogP contribution >= 0.6 is 0 Å². The number of allylic oxidation sites excluding steroid dienone is 1. The topological polar surface area (TPSA) is 68.0 Å². The van der Waals surface area contributed by atoms with E-state index in [0.29, 0.717) is 23.4 Å². The van der Waals surface area contributed by atoms with Gasteiger partial charge in [0.25, 0.3) is 0 Å². The fraction of sp³-hybridized carbons (Fsp3) is 0.115. The van der Waals surface area contributed by atoms with Crippen molar-refractivity contribution in [1.29, 1.82) is 0 Å². The summed E-state index contributed by atoms with van der Waals surface area (Å²) in [7, 11) is 0. The van der Waals surface area contributed by atoms with Gasteiger partial charge in [0.15, 0.2) is 5.82 Å². The van der Waals surface area contributed by atoms with Gasteiger partial charge in [-0.05, 0) is 29.2 Å². The van der Waals surface area contributed by atoms with Crippen LogP contribution in [0.15, 0.2) is 91.5 Å². The van der Waals surface area contributed by atoms with Crippen molar-refractivity contribution in [2.45, 2.75) is 19.4 Å². The lowest BCUT2D eigenvalue weighted by Crippen LogP contribution is -2.06. The summed E-state index contributed by atoms with van der Waals surface area (Å²) in [6.07, 6.45) is 3.33. The molecule has 4 aromatic rings. The van der Waals surface area contributed by atoms with Crippen LogP contribution < -0.4 is 0 Å². The van der Waals surface area contributed by atoms with Crippen LogP contribution in [0.1, 0.15) is 28.2 Å². The minimum Gasteiger partial charge on any atom is -0.478 e. The first-order valence-corrected chi connectivity index (χ1v) is 10.2. The first kappa shape index (κ1) is 20.3. The molecular formula is C26H23N3O2. The molecule has 0 aliphatic carbocycles. The third-order valence-corrected chi connectivity index (χ3v) is 5.11. The number of nitrogens with zero attached hydrogens (tertiary/aromatic N) is 3. The van der Waals surface area contributed by atoms with E-state index in [4.69, 9.17) is 10.1 Å². The summed E-state index contributed by atoms with van der Waals surface area (Å²) in [5.74, 6) is 0.675. The van der Waals surface area contributed by atoms with Gasteiger partial charge in [-0.1, -0.05) is 78.9 Å². The van der Waals surface area contributed by atoms with Crippen molar-refractivity contribution in [3.63, 3.8) is 0 Å². The Morgan fingerprint density at radius 1 is 0.935 bits per heavy atom. The average molecular weight is 409 g/mol. The van der Waals surface area contributed by atoms with Crippen LogP contribution in [0, 0.1) is 0 Å². The molecule has 4 rings (SSSR count). The molecule has 0 spiro atoms. The fourth-order valence-corrected chi connectivity index (χ4v) is 3.51.